The van der Waals surface area contributed by atoms with Crippen molar-refractivity contribution in [2.24, 2.45) is 0 Å². The van der Waals surface area contributed by atoms with Crippen LogP contribution in [0.5, 0.6) is 5.75 Å². The van der Waals surface area contributed by atoms with Gasteiger partial charge in [0.05, 0.1) is 6.10 Å². The van der Waals surface area contributed by atoms with Crippen LogP contribution in [0.15, 0.2) is 54.6 Å². The molecule has 0 bridgehead atoms. The molecule has 2 aromatic rings. The van der Waals surface area contributed by atoms with Gasteiger partial charge in [-0.05, 0) is 25.5 Å². The van der Waals surface area contributed by atoms with E-state index in [-0.39, 0.29) is 6.10 Å². The first kappa shape index (κ1) is 12.7. The summed E-state index contributed by atoms with van der Waals surface area (Å²) in [6, 6.07) is 17.6. The van der Waals surface area contributed by atoms with Crippen molar-refractivity contribution in [1.29, 1.82) is 0 Å². The minimum atomic E-state index is -0.524. The molecule has 0 aliphatic rings. The van der Waals surface area contributed by atoms with E-state index in [4.69, 9.17) is 4.74 Å². The largest absolute Gasteiger partial charge is 0.486 e. The van der Waals surface area contributed by atoms with Crippen molar-refractivity contribution in [2.75, 3.05) is 0 Å². The average Bonchev–Trinajstić information content (AvgIpc) is 2.40. The molecule has 2 aromatic carbocycles. The van der Waals surface area contributed by atoms with Crippen LogP contribution in [0.1, 0.15) is 37.2 Å². The summed E-state index contributed by atoms with van der Waals surface area (Å²) in [5.74, 6) is 0.740. The summed E-state index contributed by atoms with van der Waals surface area (Å²) >= 11 is 0. The minimum absolute atomic E-state index is 0.0360. The number of para-hydroxylation sites is 1. The molecule has 0 saturated carbocycles. The lowest BCUT2D eigenvalue weighted by atomic mass is 10.1. The third-order valence-corrected chi connectivity index (χ3v) is 2.94. The Labute approximate surface area is 108 Å². The fourth-order valence-corrected chi connectivity index (χ4v) is 1.92. The number of aliphatic hydroxyl groups excluding tert-OH is 1. The predicted octanol–water partition coefficient (Wildman–Crippen LogP) is 3.88. The van der Waals surface area contributed by atoms with Crippen molar-refractivity contribution >= 4 is 0 Å². The molecule has 94 valence electrons. The second kappa shape index (κ2) is 5.69. The van der Waals surface area contributed by atoms with E-state index in [1.54, 1.807) is 6.92 Å². The number of rotatable bonds is 4. The Morgan fingerprint density at radius 3 is 2.17 bits per heavy atom. The number of hydrogen-bond acceptors (Lipinski definition) is 2. The van der Waals surface area contributed by atoms with Gasteiger partial charge in [-0.1, -0.05) is 48.5 Å². The molecule has 2 nitrogen and oxygen atoms in total. The van der Waals surface area contributed by atoms with Crippen LogP contribution in [0.3, 0.4) is 0 Å². The smallest absolute Gasteiger partial charge is 0.126 e. The van der Waals surface area contributed by atoms with Crippen LogP contribution in [-0.4, -0.2) is 5.11 Å². The van der Waals surface area contributed by atoms with Gasteiger partial charge in [-0.2, -0.15) is 0 Å². The van der Waals surface area contributed by atoms with Gasteiger partial charge in [-0.15, -0.1) is 0 Å². The Morgan fingerprint density at radius 2 is 1.50 bits per heavy atom. The van der Waals surface area contributed by atoms with Crippen molar-refractivity contribution in [2.45, 2.75) is 26.1 Å². The third-order valence-electron chi connectivity index (χ3n) is 2.94. The van der Waals surface area contributed by atoms with Crippen molar-refractivity contribution in [3.63, 3.8) is 0 Å². The zero-order chi connectivity index (χ0) is 13.0. The van der Waals surface area contributed by atoms with Gasteiger partial charge in [0.1, 0.15) is 11.9 Å². The summed E-state index contributed by atoms with van der Waals surface area (Å²) < 4.78 is 5.93. The Morgan fingerprint density at radius 1 is 0.889 bits per heavy atom. The van der Waals surface area contributed by atoms with E-state index in [9.17, 15) is 5.11 Å². The Bertz CT molecular complexity index is 491. The molecule has 2 rings (SSSR count). The van der Waals surface area contributed by atoms with Crippen molar-refractivity contribution < 1.29 is 9.84 Å². The maximum Gasteiger partial charge on any atom is 0.126 e. The summed E-state index contributed by atoms with van der Waals surface area (Å²) in [7, 11) is 0. The molecule has 0 radical (unpaired) electrons. The number of ether oxygens (including phenoxy) is 1. The maximum absolute atomic E-state index is 9.71. The fraction of sp³-hybridized carbons (Fsp3) is 0.250. The number of aliphatic hydroxyl groups is 1. The summed E-state index contributed by atoms with van der Waals surface area (Å²) in [6.45, 7) is 3.75. The van der Waals surface area contributed by atoms with Gasteiger partial charge < -0.3 is 9.84 Å². The van der Waals surface area contributed by atoms with Crippen LogP contribution < -0.4 is 4.74 Å². The van der Waals surface area contributed by atoms with Crippen molar-refractivity contribution in [3.8, 4) is 5.75 Å². The summed E-state index contributed by atoms with van der Waals surface area (Å²) in [5, 5.41) is 9.71. The highest BCUT2D eigenvalue weighted by Crippen LogP contribution is 2.28. The summed E-state index contributed by atoms with van der Waals surface area (Å²) in [5.41, 5.74) is 1.94. The van der Waals surface area contributed by atoms with Gasteiger partial charge in [0.25, 0.3) is 0 Å². The van der Waals surface area contributed by atoms with E-state index in [0.717, 1.165) is 16.9 Å². The van der Waals surface area contributed by atoms with Crippen molar-refractivity contribution in [1.82, 2.24) is 0 Å². The van der Waals surface area contributed by atoms with Crippen LogP contribution in [0.25, 0.3) is 0 Å². The predicted molar refractivity (Wildman–Crippen MR) is 72.6 cm³/mol. The molecule has 0 spiro atoms. The monoisotopic (exact) mass is 242 g/mol. The highest BCUT2D eigenvalue weighted by atomic mass is 16.5. The Kier molecular flexibility index (Phi) is 4.00. The second-order valence-corrected chi connectivity index (χ2v) is 4.38. The SMILES string of the molecule is CC(Oc1ccccc1[C@@H](C)O)c1ccccc1. The van der Waals surface area contributed by atoms with Gasteiger partial charge in [-0.25, -0.2) is 0 Å². The zero-order valence-electron chi connectivity index (χ0n) is 10.7. The highest BCUT2D eigenvalue weighted by Gasteiger charge is 2.12. The second-order valence-electron chi connectivity index (χ2n) is 4.38. The average molecular weight is 242 g/mol. The molecule has 2 heteroatoms. The first-order valence-electron chi connectivity index (χ1n) is 6.17. The molecular formula is C16H18O2. The van der Waals surface area contributed by atoms with E-state index in [0.29, 0.717) is 0 Å². The van der Waals surface area contributed by atoms with E-state index < -0.39 is 6.10 Å². The molecule has 0 fully saturated rings. The van der Waals surface area contributed by atoms with Crippen LogP contribution in [0.2, 0.25) is 0 Å². The van der Waals surface area contributed by atoms with Gasteiger partial charge in [0.15, 0.2) is 0 Å². The van der Waals surface area contributed by atoms with E-state index >= 15 is 0 Å². The molecule has 1 unspecified atom stereocenters. The Balaban J connectivity index is 2.19. The van der Waals surface area contributed by atoms with Crippen LogP contribution in [-0.2, 0) is 0 Å². The molecular weight excluding hydrogens is 224 g/mol. The quantitative estimate of drug-likeness (QED) is 0.881. The van der Waals surface area contributed by atoms with E-state index in [2.05, 4.69) is 0 Å². The van der Waals surface area contributed by atoms with Gasteiger partial charge in [0.2, 0.25) is 0 Å². The van der Waals surface area contributed by atoms with Gasteiger partial charge in [-0.3, -0.25) is 0 Å². The summed E-state index contributed by atoms with van der Waals surface area (Å²) in [4.78, 5) is 0. The van der Waals surface area contributed by atoms with E-state index in [1.807, 2.05) is 61.5 Å². The maximum atomic E-state index is 9.71. The van der Waals surface area contributed by atoms with Crippen LogP contribution in [0.4, 0.5) is 0 Å². The zero-order valence-corrected chi connectivity index (χ0v) is 10.7. The lowest BCUT2D eigenvalue weighted by Crippen LogP contribution is -2.05. The molecule has 0 aromatic heterocycles. The summed E-state index contributed by atoms with van der Waals surface area (Å²) in [6.07, 6.45) is -0.560. The number of hydrogen-bond donors (Lipinski definition) is 1. The molecule has 0 aliphatic carbocycles. The molecule has 0 aliphatic heterocycles. The minimum Gasteiger partial charge on any atom is -0.486 e. The fourth-order valence-electron chi connectivity index (χ4n) is 1.92. The highest BCUT2D eigenvalue weighted by molar-refractivity contribution is 5.35. The van der Waals surface area contributed by atoms with Crippen LogP contribution in [0, 0.1) is 0 Å². The lowest BCUT2D eigenvalue weighted by molar-refractivity contribution is 0.179. The molecule has 0 saturated heterocycles. The molecule has 18 heavy (non-hydrogen) atoms. The normalized spacial score (nSPS) is 13.9. The standard InChI is InChI=1S/C16H18O2/c1-12(17)15-10-6-7-11-16(15)18-13(2)14-8-4-3-5-9-14/h3-13,17H,1-2H3/t12-,13?/m1/s1. The van der Waals surface area contributed by atoms with Crippen LogP contribution >= 0.6 is 0 Å². The number of benzene rings is 2. The van der Waals surface area contributed by atoms with E-state index in [1.165, 1.54) is 0 Å². The molecule has 0 heterocycles. The first-order chi connectivity index (χ1) is 8.68. The van der Waals surface area contributed by atoms with Crippen molar-refractivity contribution in [3.05, 3.63) is 65.7 Å². The molecule has 2 atom stereocenters. The lowest BCUT2D eigenvalue weighted by Gasteiger charge is -2.18. The Hall–Kier alpha value is -1.80. The first-order valence-corrected chi connectivity index (χ1v) is 6.17. The van der Waals surface area contributed by atoms with Gasteiger partial charge in [0, 0.05) is 5.56 Å². The molecule has 0 amide bonds. The third kappa shape index (κ3) is 2.90. The van der Waals surface area contributed by atoms with Gasteiger partial charge >= 0.3 is 0 Å². The topological polar surface area (TPSA) is 29.5 Å². The molecule has 1 N–H and O–H groups in total.